The zero-order valence-corrected chi connectivity index (χ0v) is 22.5. The second-order valence-electron chi connectivity index (χ2n) is 10.5. The van der Waals surface area contributed by atoms with E-state index in [1.54, 1.807) is 71.9 Å². The van der Waals surface area contributed by atoms with Gasteiger partial charge in [-0.3, -0.25) is 4.72 Å². The lowest BCUT2D eigenvalue weighted by Crippen LogP contribution is -2.47. The third kappa shape index (κ3) is 9.24. The van der Waals surface area contributed by atoms with Gasteiger partial charge in [0.15, 0.2) is 0 Å². The molecule has 35 heavy (non-hydrogen) atoms. The van der Waals surface area contributed by atoms with Crippen LogP contribution >= 0.6 is 0 Å². The van der Waals surface area contributed by atoms with E-state index in [1.165, 1.54) is 12.1 Å². The standard InChI is InChI=1S/C26H36N2O6S/c1-17-9-13-21(14-10-17)35(31,32)28-20-12-11-18(2)19(15-20)16-22(23(29)33-25(3,4)5)27-24(30)34-26(6,7)8/h9-15,22,28H,16H2,1-8H3,(H,27,30)/t22-/m0/s1. The van der Waals surface area contributed by atoms with Crippen molar-refractivity contribution in [2.24, 2.45) is 0 Å². The van der Waals surface area contributed by atoms with E-state index in [4.69, 9.17) is 9.47 Å². The maximum atomic E-state index is 12.9. The van der Waals surface area contributed by atoms with E-state index >= 15 is 0 Å². The summed E-state index contributed by atoms with van der Waals surface area (Å²) in [5, 5.41) is 2.60. The number of alkyl carbamates (subject to hydrolysis) is 1. The molecule has 0 fully saturated rings. The quantitative estimate of drug-likeness (QED) is 0.520. The summed E-state index contributed by atoms with van der Waals surface area (Å²) in [4.78, 5) is 25.5. The van der Waals surface area contributed by atoms with E-state index in [2.05, 4.69) is 10.0 Å². The van der Waals surface area contributed by atoms with Gasteiger partial charge in [-0.05, 0) is 90.8 Å². The molecular weight excluding hydrogens is 468 g/mol. The average Bonchev–Trinajstić information content (AvgIpc) is 2.67. The molecule has 2 aromatic carbocycles. The molecule has 0 bridgehead atoms. The number of benzene rings is 2. The van der Waals surface area contributed by atoms with Crippen molar-refractivity contribution < 1.29 is 27.5 Å². The molecular formula is C26H36N2O6S. The van der Waals surface area contributed by atoms with Gasteiger partial charge in [0.25, 0.3) is 10.0 Å². The molecule has 0 aliphatic rings. The van der Waals surface area contributed by atoms with E-state index in [-0.39, 0.29) is 11.3 Å². The number of amides is 1. The molecule has 0 unspecified atom stereocenters. The fourth-order valence-corrected chi connectivity index (χ4v) is 4.17. The molecule has 9 heteroatoms. The van der Waals surface area contributed by atoms with E-state index in [1.807, 2.05) is 13.8 Å². The Balaban J connectivity index is 2.31. The number of esters is 1. The fraction of sp³-hybridized carbons (Fsp3) is 0.462. The lowest BCUT2D eigenvalue weighted by Gasteiger charge is -2.26. The highest BCUT2D eigenvalue weighted by Gasteiger charge is 2.29. The highest BCUT2D eigenvalue weighted by atomic mass is 32.2. The number of hydrogen-bond donors (Lipinski definition) is 2. The third-order valence-electron chi connectivity index (χ3n) is 4.74. The molecule has 0 radical (unpaired) electrons. The summed E-state index contributed by atoms with van der Waals surface area (Å²) in [5.41, 5.74) is 1.28. The SMILES string of the molecule is Cc1ccc(S(=O)(=O)Nc2ccc(C)c(C[C@H](NC(=O)OC(C)(C)C)C(=O)OC(C)(C)C)c2)cc1. The molecule has 0 aliphatic carbocycles. The fourth-order valence-electron chi connectivity index (χ4n) is 3.12. The second kappa shape index (κ2) is 10.7. The molecule has 1 amide bonds. The van der Waals surface area contributed by atoms with Crippen molar-refractivity contribution in [3.05, 3.63) is 59.2 Å². The lowest BCUT2D eigenvalue weighted by atomic mass is 10.00. The number of aryl methyl sites for hydroxylation is 2. The Hall–Kier alpha value is -3.07. The highest BCUT2D eigenvalue weighted by molar-refractivity contribution is 7.92. The summed E-state index contributed by atoms with van der Waals surface area (Å²) in [5.74, 6) is -0.617. The maximum absolute atomic E-state index is 12.9. The smallest absolute Gasteiger partial charge is 0.408 e. The Morgan fingerprint density at radius 1 is 0.886 bits per heavy atom. The first-order valence-corrected chi connectivity index (χ1v) is 12.8. The minimum atomic E-state index is -3.80. The molecule has 2 N–H and O–H groups in total. The number of sulfonamides is 1. The van der Waals surface area contributed by atoms with Gasteiger partial charge in [0.05, 0.1) is 4.90 Å². The van der Waals surface area contributed by atoms with Crippen LogP contribution in [0.1, 0.15) is 58.2 Å². The maximum Gasteiger partial charge on any atom is 0.408 e. The molecule has 1 atom stereocenters. The zero-order chi connectivity index (χ0) is 26.6. The van der Waals surface area contributed by atoms with Gasteiger partial charge in [0.2, 0.25) is 0 Å². The summed E-state index contributed by atoms with van der Waals surface area (Å²) in [6, 6.07) is 10.5. The number of carbonyl (C=O) groups excluding carboxylic acids is 2. The lowest BCUT2D eigenvalue weighted by molar-refractivity contribution is -0.157. The predicted molar refractivity (Wildman–Crippen MR) is 136 cm³/mol. The molecule has 192 valence electrons. The van der Waals surface area contributed by atoms with Crippen LogP contribution in [0.2, 0.25) is 0 Å². The number of anilines is 1. The van der Waals surface area contributed by atoms with Gasteiger partial charge < -0.3 is 14.8 Å². The molecule has 0 aromatic heterocycles. The van der Waals surface area contributed by atoms with E-state index in [0.29, 0.717) is 11.3 Å². The van der Waals surface area contributed by atoms with Crippen molar-refractivity contribution in [2.75, 3.05) is 4.72 Å². The summed E-state index contributed by atoms with van der Waals surface area (Å²) < 4.78 is 39.0. The van der Waals surface area contributed by atoms with E-state index in [0.717, 1.165) is 11.1 Å². The van der Waals surface area contributed by atoms with Gasteiger partial charge in [0, 0.05) is 12.1 Å². The monoisotopic (exact) mass is 504 g/mol. The van der Waals surface area contributed by atoms with Crippen molar-refractivity contribution in [2.45, 2.75) is 84.0 Å². The van der Waals surface area contributed by atoms with E-state index < -0.39 is 39.3 Å². The molecule has 0 heterocycles. The first kappa shape index (κ1) is 28.2. The van der Waals surface area contributed by atoms with Crippen LogP contribution in [0.25, 0.3) is 0 Å². The number of hydrogen-bond acceptors (Lipinski definition) is 6. The van der Waals surface area contributed by atoms with Crippen molar-refractivity contribution >= 4 is 27.8 Å². The summed E-state index contributed by atoms with van der Waals surface area (Å²) in [6.07, 6.45) is -0.665. The summed E-state index contributed by atoms with van der Waals surface area (Å²) in [7, 11) is -3.80. The van der Waals surface area contributed by atoms with Crippen LogP contribution in [0.3, 0.4) is 0 Å². The number of ether oxygens (including phenoxy) is 2. The van der Waals surface area contributed by atoms with Gasteiger partial charge >= 0.3 is 12.1 Å². The summed E-state index contributed by atoms with van der Waals surface area (Å²) >= 11 is 0. The molecule has 0 spiro atoms. The number of rotatable bonds is 7. The van der Waals surface area contributed by atoms with Crippen LogP contribution in [-0.2, 0) is 30.7 Å². The number of nitrogens with one attached hydrogen (secondary N) is 2. The van der Waals surface area contributed by atoms with Crippen molar-refractivity contribution in [1.82, 2.24) is 5.32 Å². The van der Waals surface area contributed by atoms with E-state index in [9.17, 15) is 18.0 Å². The first-order chi connectivity index (χ1) is 15.9. The topological polar surface area (TPSA) is 111 Å². The van der Waals surface area contributed by atoms with Crippen LogP contribution in [0.5, 0.6) is 0 Å². The van der Waals surface area contributed by atoms with Gasteiger partial charge in [-0.2, -0.15) is 0 Å². The van der Waals surface area contributed by atoms with Gasteiger partial charge in [-0.15, -0.1) is 0 Å². The largest absolute Gasteiger partial charge is 0.458 e. The van der Waals surface area contributed by atoms with Crippen molar-refractivity contribution in [3.8, 4) is 0 Å². The summed E-state index contributed by atoms with van der Waals surface area (Å²) in [6.45, 7) is 14.1. The molecule has 0 saturated heterocycles. The Morgan fingerprint density at radius 2 is 1.46 bits per heavy atom. The van der Waals surface area contributed by atoms with Crippen LogP contribution in [0.4, 0.5) is 10.5 Å². The van der Waals surface area contributed by atoms with Crippen LogP contribution in [0.15, 0.2) is 47.4 Å². The highest BCUT2D eigenvalue weighted by Crippen LogP contribution is 2.22. The van der Waals surface area contributed by atoms with Gasteiger partial charge in [0.1, 0.15) is 17.2 Å². The third-order valence-corrected chi connectivity index (χ3v) is 6.14. The van der Waals surface area contributed by atoms with Gasteiger partial charge in [-0.25, -0.2) is 18.0 Å². The molecule has 0 aliphatic heterocycles. The minimum Gasteiger partial charge on any atom is -0.458 e. The zero-order valence-electron chi connectivity index (χ0n) is 21.7. The minimum absolute atomic E-state index is 0.0834. The first-order valence-electron chi connectivity index (χ1n) is 11.4. The molecule has 8 nitrogen and oxygen atoms in total. The Kier molecular flexibility index (Phi) is 8.60. The normalized spacial score (nSPS) is 13.0. The van der Waals surface area contributed by atoms with Crippen LogP contribution < -0.4 is 10.0 Å². The van der Waals surface area contributed by atoms with Crippen molar-refractivity contribution in [1.29, 1.82) is 0 Å². The molecule has 2 rings (SSSR count). The second-order valence-corrected chi connectivity index (χ2v) is 12.2. The van der Waals surface area contributed by atoms with Gasteiger partial charge in [-0.1, -0.05) is 23.8 Å². The van der Waals surface area contributed by atoms with Crippen LogP contribution in [-0.4, -0.2) is 37.7 Å². The predicted octanol–water partition coefficient (Wildman–Crippen LogP) is 4.88. The molecule has 2 aromatic rings. The van der Waals surface area contributed by atoms with Crippen molar-refractivity contribution in [3.63, 3.8) is 0 Å². The van der Waals surface area contributed by atoms with Crippen LogP contribution in [0, 0.1) is 13.8 Å². The average molecular weight is 505 g/mol. The number of carbonyl (C=O) groups is 2. The Labute approximate surface area is 208 Å². The molecule has 0 saturated carbocycles. The Bertz CT molecular complexity index is 1160. The Morgan fingerprint density at radius 3 is 2.00 bits per heavy atom.